The van der Waals surface area contributed by atoms with Gasteiger partial charge in [-0.15, -0.1) is 5.10 Å². The third kappa shape index (κ3) is 4.28. The molecule has 166 valence electrons. The molecule has 31 heavy (non-hydrogen) atoms. The Bertz CT molecular complexity index is 1300. The van der Waals surface area contributed by atoms with Crippen molar-refractivity contribution in [3.05, 3.63) is 80.4 Å². The SMILES string of the molecule is Cc1ccc(F)c(C(C)C(NS(=O)(=O)c2ccc(F)c(C)c2F)c2n[nH]c(=O)o2)c1C. The molecule has 0 aliphatic carbocycles. The first-order valence-corrected chi connectivity index (χ1v) is 10.7. The van der Waals surface area contributed by atoms with Crippen LogP contribution in [0.5, 0.6) is 0 Å². The highest BCUT2D eigenvalue weighted by Crippen LogP contribution is 2.35. The number of aromatic amines is 1. The van der Waals surface area contributed by atoms with Crippen molar-refractivity contribution in [3.8, 4) is 0 Å². The minimum atomic E-state index is -4.59. The van der Waals surface area contributed by atoms with Gasteiger partial charge in [-0.3, -0.25) is 0 Å². The summed E-state index contributed by atoms with van der Waals surface area (Å²) in [4.78, 5) is 10.7. The average Bonchev–Trinajstić information content (AvgIpc) is 3.13. The fourth-order valence-corrected chi connectivity index (χ4v) is 4.75. The maximum Gasteiger partial charge on any atom is 0.434 e. The van der Waals surface area contributed by atoms with Crippen molar-refractivity contribution in [2.24, 2.45) is 0 Å². The third-order valence-corrected chi connectivity index (χ3v) is 6.72. The Morgan fingerprint density at radius 1 is 1.03 bits per heavy atom. The molecular formula is C20H20F3N3O4S. The second-order valence-corrected chi connectivity index (χ2v) is 8.91. The number of sulfonamides is 1. The van der Waals surface area contributed by atoms with Crippen molar-refractivity contribution in [1.29, 1.82) is 0 Å². The van der Waals surface area contributed by atoms with Crippen LogP contribution >= 0.6 is 0 Å². The number of H-pyrrole nitrogens is 1. The lowest BCUT2D eigenvalue weighted by Gasteiger charge is -2.25. The predicted octanol–water partition coefficient (Wildman–Crippen LogP) is 3.53. The summed E-state index contributed by atoms with van der Waals surface area (Å²) in [5.74, 6) is -4.98. The van der Waals surface area contributed by atoms with Crippen molar-refractivity contribution in [2.75, 3.05) is 0 Å². The summed E-state index contributed by atoms with van der Waals surface area (Å²) in [7, 11) is -4.59. The Labute approximate surface area is 176 Å². The molecule has 1 aromatic heterocycles. The molecule has 0 saturated carbocycles. The summed E-state index contributed by atoms with van der Waals surface area (Å²) in [6, 6.07) is 3.05. The number of nitrogens with zero attached hydrogens (tertiary/aromatic N) is 1. The van der Waals surface area contributed by atoms with Crippen molar-refractivity contribution in [2.45, 2.75) is 44.6 Å². The Balaban J connectivity index is 2.13. The molecular weight excluding hydrogens is 435 g/mol. The van der Waals surface area contributed by atoms with Crippen LogP contribution in [0, 0.1) is 38.2 Å². The molecule has 11 heteroatoms. The normalized spacial score (nSPS) is 13.9. The van der Waals surface area contributed by atoms with E-state index in [0.717, 1.165) is 24.6 Å². The van der Waals surface area contributed by atoms with Gasteiger partial charge in [0.25, 0.3) is 0 Å². The van der Waals surface area contributed by atoms with E-state index < -0.39 is 55.6 Å². The van der Waals surface area contributed by atoms with Crippen molar-refractivity contribution < 1.29 is 26.0 Å². The summed E-state index contributed by atoms with van der Waals surface area (Å²) in [5, 5.41) is 5.69. The zero-order valence-corrected chi connectivity index (χ0v) is 17.9. The number of rotatable bonds is 6. The molecule has 2 atom stereocenters. The largest absolute Gasteiger partial charge is 0.434 e. The molecule has 2 aromatic carbocycles. The first-order chi connectivity index (χ1) is 14.4. The second kappa shape index (κ2) is 8.31. The topological polar surface area (TPSA) is 105 Å². The van der Waals surface area contributed by atoms with Crippen molar-refractivity contribution in [3.63, 3.8) is 0 Å². The van der Waals surface area contributed by atoms with Crippen LogP contribution in [0.1, 0.15) is 47.0 Å². The fourth-order valence-electron chi connectivity index (χ4n) is 3.35. The molecule has 7 nitrogen and oxygen atoms in total. The number of benzene rings is 2. The quantitative estimate of drug-likeness (QED) is 0.592. The van der Waals surface area contributed by atoms with Gasteiger partial charge in [0, 0.05) is 11.5 Å². The van der Waals surface area contributed by atoms with Gasteiger partial charge in [-0.2, -0.15) is 4.72 Å². The summed E-state index contributed by atoms with van der Waals surface area (Å²) in [5.41, 5.74) is 1.03. The summed E-state index contributed by atoms with van der Waals surface area (Å²) in [6.45, 7) is 6.04. The van der Waals surface area contributed by atoms with Crippen LogP contribution < -0.4 is 10.5 Å². The van der Waals surface area contributed by atoms with Gasteiger partial charge in [0.05, 0.1) is 0 Å². The first kappa shape index (κ1) is 22.8. The number of nitrogens with one attached hydrogen (secondary N) is 2. The number of aryl methyl sites for hydroxylation is 1. The highest BCUT2D eigenvalue weighted by Gasteiger charge is 2.34. The molecule has 0 spiro atoms. The Kier molecular flexibility index (Phi) is 6.10. The Morgan fingerprint density at radius 2 is 1.68 bits per heavy atom. The summed E-state index contributed by atoms with van der Waals surface area (Å²) in [6.07, 6.45) is 0. The molecule has 0 aliphatic heterocycles. The van der Waals surface area contributed by atoms with E-state index in [0.29, 0.717) is 5.56 Å². The van der Waals surface area contributed by atoms with E-state index in [1.165, 1.54) is 13.0 Å². The molecule has 3 aromatic rings. The van der Waals surface area contributed by atoms with Crippen LogP contribution in [0.3, 0.4) is 0 Å². The van der Waals surface area contributed by atoms with Crippen LogP contribution in [0.25, 0.3) is 0 Å². The molecule has 2 unspecified atom stereocenters. The van der Waals surface area contributed by atoms with Gasteiger partial charge in [0.15, 0.2) is 0 Å². The van der Waals surface area contributed by atoms with Gasteiger partial charge in [-0.1, -0.05) is 13.0 Å². The molecule has 0 bridgehead atoms. The summed E-state index contributed by atoms with van der Waals surface area (Å²) >= 11 is 0. The molecule has 0 radical (unpaired) electrons. The summed E-state index contributed by atoms with van der Waals surface area (Å²) < 4.78 is 75.8. The van der Waals surface area contributed by atoms with E-state index in [9.17, 15) is 26.4 Å². The van der Waals surface area contributed by atoms with Crippen molar-refractivity contribution in [1.82, 2.24) is 14.9 Å². The molecule has 0 fully saturated rings. The molecule has 0 saturated heterocycles. The first-order valence-electron chi connectivity index (χ1n) is 9.22. The average molecular weight is 455 g/mol. The molecule has 3 rings (SSSR count). The van der Waals surface area contributed by atoms with Crippen LogP contribution in [0.4, 0.5) is 13.2 Å². The van der Waals surface area contributed by atoms with E-state index in [4.69, 9.17) is 4.42 Å². The lowest BCUT2D eigenvalue weighted by atomic mass is 9.88. The minimum Gasteiger partial charge on any atom is -0.391 e. The maximum absolute atomic E-state index is 14.7. The smallest absolute Gasteiger partial charge is 0.391 e. The molecule has 0 aliphatic rings. The molecule has 2 N–H and O–H groups in total. The predicted molar refractivity (Wildman–Crippen MR) is 106 cm³/mol. The fraction of sp³-hybridized carbons (Fsp3) is 0.300. The van der Waals surface area contributed by atoms with Crippen LogP contribution in [-0.2, 0) is 10.0 Å². The van der Waals surface area contributed by atoms with Crippen molar-refractivity contribution >= 4 is 10.0 Å². The highest BCUT2D eigenvalue weighted by atomic mass is 32.2. The number of halogens is 3. The number of hydrogen-bond donors (Lipinski definition) is 2. The highest BCUT2D eigenvalue weighted by molar-refractivity contribution is 7.89. The van der Waals surface area contributed by atoms with E-state index in [-0.39, 0.29) is 11.5 Å². The zero-order chi connectivity index (χ0) is 23.1. The Morgan fingerprint density at radius 3 is 2.29 bits per heavy atom. The monoisotopic (exact) mass is 455 g/mol. The second-order valence-electron chi connectivity index (χ2n) is 7.23. The lowest BCUT2D eigenvalue weighted by molar-refractivity contribution is 0.376. The van der Waals surface area contributed by atoms with Gasteiger partial charge in [-0.05, 0) is 55.7 Å². The number of hydrogen-bond acceptors (Lipinski definition) is 5. The standard InChI is InChI=1S/C20H20F3N3O4S/c1-9-5-6-14(22)16(10(9)2)12(4)18(19-24-25-20(27)30-19)26-31(28,29)15-8-7-13(21)11(3)17(15)23/h5-8,12,18,26H,1-4H3,(H,25,27). The van der Waals surface area contributed by atoms with Gasteiger partial charge in [-0.25, -0.2) is 31.5 Å². The molecule has 0 amide bonds. The van der Waals surface area contributed by atoms with Gasteiger partial charge >= 0.3 is 5.76 Å². The maximum atomic E-state index is 14.7. The Hall–Kier alpha value is -2.92. The van der Waals surface area contributed by atoms with E-state index in [1.54, 1.807) is 19.9 Å². The van der Waals surface area contributed by atoms with E-state index >= 15 is 0 Å². The van der Waals surface area contributed by atoms with Crippen LogP contribution in [0.2, 0.25) is 0 Å². The third-order valence-electron chi connectivity index (χ3n) is 5.26. The lowest BCUT2D eigenvalue weighted by Crippen LogP contribution is -2.33. The number of aromatic nitrogens is 2. The zero-order valence-electron chi connectivity index (χ0n) is 17.1. The minimum absolute atomic E-state index is 0.175. The van der Waals surface area contributed by atoms with E-state index in [1.807, 2.05) is 5.10 Å². The van der Waals surface area contributed by atoms with Crippen LogP contribution in [-0.4, -0.2) is 18.6 Å². The van der Waals surface area contributed by atoms with Gasteiger partial charge in [0.2, 0.25) is 15.9 Å². The van der Waals surface area contributed by atoms with Gasteiger partial charge in [0.1, 0.15) is 28.4 Å². The van der Waals surface area contributed by atoms with Crippen LogP contribution in [0.15, 0.2) is 38.4 Å². The van der Waals surface area contributed by atoms with Gasteiger partial charge < -0.3 is 4.42 Å². The molecule has 1 heterocycles. The van der Waals surface area contributed by atoms with E-state index in [2.05, 4.69) is 9.82 Å².